The van der Waals surface area contributed by atoms with Crippen LogP contribution in [0.1, 0.15) is 17.0 Å². The molecule has 2 N–H and O–H groups in total. The van der Waals surface area contributed by atoms with Gasteiger partial charge >= 0.3 is 0 Å². The van der Waals surface area contributed by atoms with Crippen molar-refractivity contribution >= 4 is 21.6 Å². The molecule has 0 amide bonds. The smallest absolute Gasteiger partial charge is 0.156 e. The van der Waals surface area contributed by atoms with Crippen LogP contribution in [0.4, 0.5) is 5.69 Å². The predicted octanol–water partition coefficient (Wildman–Crippen LogP) is 2.54. The molecule has 0 radical (unpaired) electrons. The SMILES string of the molecule is Cc1cc(Br)cnc1-n1nc(C)c(N)c1C. The number of nitrogen functional groups attached to an aromatic ring is 1. The van der Waals surface area contributed by atoms with Gasteiger partial charge in [-0.3, -0.25) is 0 Å². The van der Waals surface area contributed by atoms with E-state index in [-0.39, 0.29) is 0 Å². The number of aryl methyl sites for hydroxylation is 2. The van der Waals surface area contributed by atoms with E-state index in [4.69, 9.17) is 5.73 Å². The topological polar surface area (TPSA) is 56.7 Å². The lowest BCUT2D eigenvalue weighted by Gasteiger charge is -2.07. The number of hydrogen-bond acceptors (Lipinski definition) is 3. The monoisotopic (exact) mass is 280 g/mol. The summed E-state index contributed by atoms with van der Waals surface area (Å²) in [5.41, 5.74) is 9.44. The first-order valence-electron chi connectivity index (χ1n) is 4.95. The first kappa shape index (κ1) is 11.1. The molecule has 0 saturated heterocycles. The molecule has 0 saturated carbocycles. The molecule has 5 heteroatoms. The molecular formula is C11H13BrN4. The van der Waals surface area contributed by atoms with Crippen molar-refractivity contribution in [3.8, 4) is 5.82 Å². The lowest BCUT2D eigenvalue weighted by molar-refractivity contribution is 0.798. The van der Waals surface area contributed by atoms with E-state index in [9.17, 15) is 0 Å². The van der Waals surface area contributed by atoms with E-state index in [1.54, 1.807) is 10.9 Å². The second-order valence-electron chi connectivity index (χ2n) is 3.79. The van der Waals surface area contributed by atoms with Crippen LogP contribution >= 0.6 is 15.9 Å². The van der Waals surface area contributed by atoms with Crippen LogP contribution in [0.5, 0.6) is 0 Å². The number of rotatable bonds is 1. The minimum absolute atomic E-state index is 0.726. The Morgan fingerprint density at radius 3 is 2.50 bits per heavy atom. The largest absolute Gasteiger partial charge is 0.396 e. The first-order valence-corrected chi connectivity index (χ1v) is 5.74. The average molecular weight is 281 g/mol. The molecule has 0 aliphatic rings. The van der Waals surface area contributed by atoms with Gasteiger partial charge in [0.05, 0.1) is 17.1 Å². The van der Waals surface area contributed by atoms with Crippen LogP contribution in [-0.2, 0) is 0 Å². The van der Waals surface area contributed by atoms with Gasteiger partial charge in [0.1, 0.15) is 0 Å². The molecule has 2 aromatic rings. The van der Waals surface area contributed by atoms with E-state index in [2.05, 4.69) is 26.0 Å². The quantitative estimate of drug-likeness (QED) is 0.873. The Morgan fingerprint density at radius 1 is 1.31 bits per heavy atom. The molecule has 2 rings (SSSR count). The van der Waals surface area contributed by atoms with Crippen molar-refractivity contribution in [1.82, 2.24) is 14.8 Å². The highest BCUT2D eigenvalue weighted by molar-refractivity contribution is 9.10. The Hall–Kier alpha value is -1.36. The molecule has 0 spiro atoms. The van der Waals surface area contributed by atoms with E-state index in [0.29, 0.717) is 0 Å². The van der Waals surface area contributed by atoms with Gasteiger partial charge in [0.25, 0.3) is 0 Å². The number of anilines is 1. The third-order valence-corrected chi connectivity index (χ3v) is 3.00. The molecule has 0 aromatic carbocycles. The van der Waals surface area contributed by atoms with Gasteiger partial charge in [-0.25, -0.2) is 9.67 Å². The maximum atomic E-state index is 5.90. The normalized spacial score (nSPS) is 10.8. The van der Waals surface area contributed by atoms with E-state index in [1.165, 1.54) is 0 Å². The van der Waals surface area contributed by atoms with Crippen LogP contribution in [0.25, 0.3) is 5.82 Å². The highest BCUT2D eigenvalue weighted by Crippen LogP contribution is 2.21. The molecule has 16 heavy (non-hydrogen) atoms. The fourth-order valence-electron chi connectivity index (χ4n) is 1.62. The molecule has 0 aliphatic heterocycles. The van der Waals surface area contributed by atoms with Crippen molar-refractivity contribution in [1.29, 1.82) is 0 Å². The zero-order valence-electron chi connectivity index (χ0n) is 9.45. The predicted molar refractivity (Wildman–Crippen MR) is 67.7 cm³/mol. The van der Waals surface area contributed by atoms with Crippen LogP contribution in [0, 0.1) is 20.8 Å². The molecule has 4 nitrogen and oxygen atoms in total. The molecular weight excluding hydrogens is 268 g/mol. The molecule has 2 heterocycles. The highest BCUT2D eigenvalue weighted by atomic mass is 79.9. The minimum Gasteiger partial charge on any atom is -0.396 e. The van der Waals surface area contributed by atoms with Crippen molar-refractivity contribution in [3.05, 3.63) is 33.7 Å². The second-order valence-corrected chi connectivity index (χ2v) is 4.71. The maximum Gasteiger partial charge on any atom is 0.156 e. The van der Waals surface area contributed by atoms with Crippen molar-refractivity contribution < 1.29 is 0 Å². The third-order valence-electron chi connectivity index (χ3n) is 2.57. The van der Waals surface area contributed by atoms with Crippen LogP contribution in [0.3, 0.4) is 0 Å². The Morgan fingerprint density at radius 2 is 2.00 bits per heavy atom. The van der Waals surface area contributed by atoms with Crippen molar-refractivity contribution in [2.45, 2.75) is 20.8 Å². The summed E-state index contributed by atoms with van der Waals surface area (Å²) in [6.07, 6.45) is 1.76. The highest BCUT2D eigenvalue weighted by Gasteiger charge is 2.12. The van der Waals surface area contributed by atoms with E-state index in [0.717, 1.165) is 32.9 Å². The lowest BCUT2D eigenvalue weighted by atomic mass is 10.3. The van der Waals surface area contributed by atoms with Gasteiger partial charge in [-0.1, -0.05) is 0 Å². The maximum absolute atomic E-state index is 5.90. The van der Waals surface area contributed by atoms with Crippen LogP contribution < -0.4 is 5.73 Å². The summed E-state index contributed by atoms with van der Waals surface area (Å²) < 4.78 is 2.75. The van der Waals surface area contributed by atoms with E-state index in [1.807, 2.05) is 26.8 Å². The number of hydrogen-bond donors (Lipinski definition) is 1. The zero-order valence-corrected chi connectivity index (χ0v) is 11.0. The van der Waals surface area contributed by atoms with Crippen LogP contribution in [0.2, 0.25) is 0 Å². The van der Waals surface area contributed by atoms with Gasteiger partial charge in [0.15, 0.2) is 5.82 Å². The first-order chi connectivity index (χ1) is 7.50. The number of aromatic nitrogens is 3. The lowest BCUT2D eigenvalue weighted by Crippen LogP contribution is -2.04. The van der Waals surface area contributed by atoms with Gasteiger partial charge in [-0.05, 0) is 48.3 Å². The second kappa shape index (κ2) is 3.90. The average Bonchev–Trinajstić information content (AvgIpc) is 2.46. The van der Waals surface area contributed by atoms with Crippen LogP contribution in [0.15, 0.2) is 16.7 Å². The Labute approximate surface area is 103 Å². The summed E-state index contributed by atoms with van der Waals surface area (Å²) in [7, 11) is 0. The molecule has 0 fully saturated rings. The van der Waals surface area contributed by atoms with Gasteiger partial charge in [0, 0.05) is 10.7 Å². The van der Waals surface area contributed by atoms with E-state index >= 15 is 0 Å². The molecule has 0 bridgehead atoms. The van der Waals surface area contributed by atoms with Gasteiger partial charge < -0.3 is 5.73 Å². The molecule has 0 unspecified atom stereocenters. The summed E-state index contributed by atoms with van der Waals surface area (Å²) >= 11 is 3.39. The standard InChI is InChI=1S/C11H13BrN4/c1-6-4-9(12)5-14-11(6)16-8(3)10(13)7(2)15-16/h4-5H,13H2,1-3H3. The Kier molecular flexibility index (Phi) is 2.71. The van der Waals surface area contributed by atoms with Crippen molar-refractivity contribution in [2.75, 3.05) is 5.73 Å². The Bertz CT molecular complexity index is 545. The summed E-state index contributed by atoms with van der Waals surface area (Å²) in [5.74, 6) is 0.820. The fraction of sp³-hybridized carbons (Fsp3) is 0.273. The fourth-order valence-corrected chi connectivity index (χ4v) is 2.06. The summed E-state index contributed by atoms with van der Waals surface area (Å²) in [5, 5.41) is 4.38. The molecule has 0 atom stereocenters. The van der Waals surface area contributed by atoms with Gasteiger partial charge in [-0.2, -0.15) is 5.10 Å². The number of pyridine rings is 1. The van der Waals surface area contributed by atoms with Crippen molar-refractivity contribution in [2.24, 2.45) is 0 Å². The van der Waals surface area contributed by atoms with Crippen molar-refractivity contribution in [3.63, 3.8) is 0 Å². The summed E-state index contributed by atoms with van der Waals surface area (Å²) in [6.45, 7) is 5.84. The minimum atomic E-state index is 0.726. The molecule has 0 aliphatic carbocycles. The number of nitrogens with two attached hydrogens (primary N) is 1. The van der Waals surface area contributed by atoms with Crippen LogP contribution in [-0.4, -0.2) is 14.8 Å². The number of nitrogens with zero attached hydrogens (tertiary/aromatic N) is 3. The molecule has 2 aromatic heterocycles. The summed E-state index contributed by atoms with van der Waals surface area (Å²) in [6, 6.07) is 2.01. The Balaban J connectivity index is 2.63. The van der Waals surface area contributed by atoms with Gasteiger partial charge in [-0.15, -0.1) is 0 Å². The zero-order chi connectivity index (χ0) is 11.9. The summed E-state index contributed by atoms with van der Waals surface area (Å²) in [4.78, 5) is 4.36. The third kappa shape index (κ3) is 1.71. The van der Waals surface area contributed by atoms with E-state index < -0.39 is 0 Å². The number of halogens is 1. The van der Waals surface area contributed by atoms with Gasteiger partial charge in [0.2, 0.25) is 0 Å². The molecule has 84 valence electrons.